The van der Waals surface area contributed by atoms with Crippen molar-refractivity contribution in [2.24, 2.45) is 0 Å². The normalized spacial score (nSPS) is 11.2. The zero-order chi connectivity index (χ0) is 18.4. The number of aryl methyl sites for hydroxylation is 3. The van der Waals surface area contributed by atoms with E-state index in [0.29, 0.717) is 11.1 Å². The fourth-order valence-corrected chi connectivity index (χ4v) is 2.91. The van der Waals surface area contributed by atoms with Gasteiger partial charge in [-0.15, -0.1) is 0 Å². The van der Waals surface area contributed by atoms with Crippen molar-refractivity contribution in [2.45, 2.75) is 20.8 Å². The molecule has 0 aliphatic heterocycles. The molecule has 4 rings (SSSR count). The quantitative estimate of drug-likeness (QED) is 0.555. The maximum Gasteiger partial charge on any atom is 0.300 e. The Morgan fingerprint density at radius 1 is 1.00 bits per heavy atom. The van der Waals surface area contributed by atoms with Crippen molar-refractivity contribution >= 4 is 10.9 Å². The highest BCUT2D eigenvalue weighted by Crippen LogP contribution is 2.19. The summed E-state index contributed by atoms with van der Waals surface area (Å²) in [6.07, 6.45) is 1.51. The molecule has 0 radical (unpaired) electrons. The lowest BCUT2D eigenvalue weighted by Gasteiger charge is -2.09. The number of para-hydroxylation sites is 1. The number of hydrogen-bond acceptors (Lipinski definition) is 5. The Morgan fingerprint density at radius 2 is 1.69 bits per heavy atom. The van der Waals surface area contributed by atoms with Crippen LogP contribution >= 0.6 is 0 Å². The van der Waals surface area contributed by atoms with E-state index in [-0.39, 0.29) is 17.2 Å². The first-order chi connectivity index (χ1) is 12.5. The number of nitrogens with zero attached hydrogens (tertiary/aromatic N) is 6. The van der Waals surface area contributed by atoms with Crippen LogP contribution in [0, 0.1) is 26.6 Å². The fourth-order valence-electron chi connectivity index (χ4n) is 2.91. The van der Waals surface area contributed by atoms with E-state index < -0.39 is 11.4 Å². The van der Waals surface area contributed by atoms with E-state index in [9.17, 15) is 9.18 Å². The molecule has 0 spiro atoms. The Kier molecular flexibility index (Phi) is 3.61. The van der Waals surface area contributed by atoms with Crippen LogP contribution in [-0.2, 0) is 0 Å². The van der Waals surface area contributed by atoms with Crippen molar-refractivity contribution in [3.8, 4) is 11.6 Å². The van der Waals surface area contributed by atoms with Crippen molar-refractivity contribution in [3.05, 3.63) is 69.8 Å². The molecule has 0 unspecified atom stereocenters. The number of aromatic nitrogens is 6. The van der Waals surface area contributed by atoms with Gasteiger partial charge in [0.2, 0.25) is 0 Å². The first-order valence-corrected chi connectivity index (χ1v) is 8.01. The predicted molar refractivity (Wildman–Crippen MR) is 94.2 cm³/mol. The zero-order valence-corrected chi connectivity index (χ0v) is 14.4. The molecule has 0 aliphatic rings. The summed E-state index contributed by atoms with van der Waals surface area (Å²) in [6.45, 7) is 5.39. The Hall–Kier alpha value is -3.42. The monoisotopic (exact) mass is 350 g/mol. The van der Waals surface area contributed by atoms with E-state index in [1.54, 1.807) is 25.1 Å². The Morgan fingerprint density at radius 3 is 2.38 bits per heavy atom. The van der Waals surface area contributed by atoms with Crippen LogP contribution in [0.5, 0.6) is 0 Å². The smallest absolute Gasteiger partial charge is 0.265 e. The third-order valence-corrected chi connectivity index (χ3v) is 4.04. The summed E-state index contributed by atoms with van der Waals surface area (Å²) in [5.74, 6) is -0.292. The molecule has 0 amide bonds. The lowest BCUT2D eigenvalue weighted by atomic mass is 10.2. The number of benzene rings is 1. The van der Waals surface area contributed by atoms with Crippen LogP contribution in [0.2, 0.25) is 0 Å². The highest BCUT2D eigenvalue weighted by molar-refractivity contribution is 5.81. The second-order valence-corrected chi connectivity index (χ2v) is 6.02. The molecule has 26 heavy (non-hydrogen) atoms. The SMILES string of the molecule is Cc1cc(C)nc(-n2nc(C)c3cnn(-c4ccccc4F)c3c2=O)n1. The minimum absolute atomic E-state index is 0.179. The average Bonchev–Trinajstić information content (AvgIpc) is 3.03. The van der Waals surface area contributed by atoms with Crippen molar-refractivity contribution < 1.29 is 4.39 Å². The standard InChI is InChI=1S/C18H15FN6O/c1-10-8-11(2)22-18(21-10)25-17(26)16-13(12(3)23-25)9-20-24(16)15-7-5-4-6-14(15)19/h4-9H,1-3H3. The number of hydrogen-bond donors (Lipinski definition) is 0. The van der Waals surface area contributed by atoms with Crippen LogP contribution in [0.4, 0.5) is 4.39 Å². The lowest BCUT2D eigenvalue weighted by Crippen LogP contribution is -2.26. The summed E-state index contributed by atoms with van der Waals surface area (Å²) in [5.41, 5.74) is 1.98. The summed E-state index contributed by atoms with van der Waals surface area (Å²) in [6, 6.07) is 7.96. The summed E-state index contributed by atoms with van der Waals surface area (Å²) < 4.78 is 16.7. The summed E-state index contributed by atoms with van der Waals surface area (Å²) >= 11 is 0. The van der Waals surface area contributed by atoms with Gasteiger partial charge in [0.15, 0.2) is 0 Å². The van der Waals surface area contributed by atoms with Gasteiger partial charge >= 0.3 is 5.56 Å². The fraction of sp³-hybridized carbons (Fsp3) is 0.167. The molecule has 0 bridgehead atoms. The van der Waals surface area contributed by atoms with Gasteiger partial charge in [0, 0.05) is 16.8 Å². The summed E-state index contributed by atoms with van der Waals surface area (Å²) in [5, 5.41) is 9.07. The van der Waals surface area contributed by atoms with Gasteiger partial charge in [0.25, 0.3) is 5.95 Å². The van der Waals surface area contributed by atoms with Gasteiger partial charge in [-0.2, -0.15) is 14.9 Å². The van der Waals surface area contributed by atoms with Crippen LogP contribution in [0.3, 0.4) is 0 Å². The Balaban J connectivity index is 2.07. The minimum Gasteiger partial charge on any atom is -0.265 e. The Bertz CT molecular complexity index is 1190. The van der Waals surface area contributed by atoms with Crippen molar-refractivity contribution in [1.82, 2.24) is 29.5 Å². The van der Waals surface area contributed by atoms with Crippen molar-refractivity contribution in [2.75, 3.05) is 0 Å². The summed E-state index contributed by atoms with van der Waals surface area (Å²) in [4.78, 5) is 21.7. The molecule has 0 atom stereocenters. The molecule has 8 heteroatoms. The van der Waals surface area contributed by atoms with E-state index >= 15 is 0 Å². The lowest BCUT2D eigenvalue weighted by molar-refractivity contribution is 0.612. The van der Waals surface area contributed by atoms with Gasteiger partial charge < -0.3 is 0 Å². The molecule has 3 aromatic heterocycles. The first-order valence-electron chi connectivity index (χ1n) is 8.01. The number of rotatable bonds is 2. The average molecular weight is 350 g/mol. The van der Waals surface area contributed by atoms with E-state index in [4.69, 9.17) is 0 Å². The van der Waals surface area contributed by atoms with Crippen LogP contribution in [-0.4, -0.2) is 29.5 Å². The molecule has 130 valence electrons. The molecule has 0 fully saturated rings. The maximum atomic E-state index is 14.2. The van der Waals surface area contributed by atoms with E-state index in [0.717, 1.165) is 16.1 Å². The molecule has 0 aliphatic carbocycles. The largest absolute Gasteiger partial charge is 0.300 e. The molecular weight excluding hydrogens is 335 g/mol. The molecule has 4 aromatic rings. The number of fused-ring (bicyclic) bond motifs is 1. The third-order valence-electron chi connectivity index (χ3n) is 4.04. The van der Waals surface area contributed by atoms with Crippen LogP contribution in [0.1, 0.15) is 17.1 Å². The predicted octanol–water partition coefficient (Wildman–Crippen LogP) is 2.43. The first kappa shape index (κ1) is 16.1. The van der Waals surface area contributed by atoms with Crippen LogP contribution < -0.4 is 5.56 Å². The molecule has 0 saturated carbocycles. The van der Waals surface area contributed by atoms with Gasteiger partial charge in [-0.25, -0.2) is 19.0 Å². The van der Waals surface area contributed by atoms with Gasteiger partial charge in [-0.3, -0.25) is 4.79 Å². The highest BCUT2D eigenvalue weighted by Gasteiger charge is 2.18. The Labute approximate surface area is 147 Å². The van der Waals surface area contributed by atoms with Crippen molar-refractivity contribution in [1.29, 1.82) is 0 Å². The van der Waals surface area contributed by atoms with Crippen molar-refractivity contribution in [3.63, 3.8) is 0 Å². The molecule has 7 nitrogen and oxygen atoms in total. The maximum absolute atomic E-state index is 14.2. The van der Waals surface area contributed by atoms with E-state index in [1.807, 2.05) is 19.9 Å². The van der Waals surface area contributed by atoms with Gasteiger partial charge in [0.1, 0.15) is 17.0 Å². The zero-order valence-electron chi connectivity index (χ0n) is 14.4. The second-order valence-electron chi connectivity index (χ2n) is 6.02. The van der Waals surface area contributed by atoms with E-state index in [2.05, 4.69) is 20.2 Å². The van der Waals surface area contributed by atoms with Gasteiger partial charge in [0.05, 0.1) is 11.9 Å². The van der Waals surface area contributed by atoms with Gasteiger partial charge in [-0.1, -0.05) is 12.1 Å². The van der Waals surface area contributed by atoms with Crippen LogP contribution in [0.25, 0.3) is 22.5 Å². The highest BCUT2D eigenvalue weighted by atomic mass is 19.1. The molecule has 1 aromatic carbocycles. The van der Waals surface area contributed by atoms with E-state index in [1.165, 1.54) is 16.9 Å². The molecule has 3 heterocycles. The second kappa shape index (κ2) is 5.83. The van der Waals surface area contributed by atoms with Crippen LogP contribution in [0.15, 0.2) is 41.3 Å². The number of halogens is 1. The molecular formula is C18H15FN6O. The van der Waals surface area contributed by atoms with Gasteiger partial charge in [-0.05, 0) is 39.0 Å². The topological polar surface area (TPSA) is 78.5 Å². The molecule has 0 N–H and O–H groups in total. The summed E-state index contributed by atoms with van der Waals surface area (Å²) in [7, 11) is 0. The molecule has 0 saturated heterocycles. The third kappa shape index (κ3) is 2.46. The minimum atomic E-state index is -0.472.